The van der Waals surface area contributed by atoms with Crippen molar-refractivity contribution >= 4 is 33.2 Å². The van der Waals surface area contributed by atoms with Crippen molar-refractivity contribution in [2.24, 2.45) is 5.92 Å². The molecule has 1 heterocycles. The second kappa shape index (κ2) is 5.19. The largest absolute Gasteiger partial charge is 0.378 e. The molecule has 0 amide bonds. The van der Waals surface area contributed by atoms with Crippen molar-refractivity contribution in [3.8, 4) is 0 Å². The van der Waals surface area contributed by atoms with E-state index < -0.39 is 0 Å². The number of halogens is 2. The van der Waals surface area contributed by atoms with Gasteiger partial charge in [0.05, 0.1) is 6.04 Å². The summed E-state index contributed by atoms with van der Waals surface area (Å²) in [7, 11) is 0. The zero-order valence-electron chi connectivity index (χ0n) is 11.4. The van der Waals surface area contributed by atoms with Crippen LogP contribution in [0, 0.1) is 5.92 Å². The third kappa shape index (κ3) is 2.31. The zero-order chi connectivity index (χ0) is 14.4. The lowest BCUT2D eigenvalue weighted by Gasteiger charge is -2.37. The van der Waals surface area contributed by atoms with Crippen LogP contribution in [0.15, 0.2) is 59.1 Å². The number of benzene rings is 2. The molecule has 0 saturated carbocycles. The maximum atomic E-state index is 6.18. The van der Waals surface area contributed by atoms with E-state index in [0.717, 1.165) is 15.9 Å². The molecule has 0 aromatic heterocycles. The van der Waals surface area contributed by atoms with Gasteiger partial charge in [0.25, 0.3) is 0 Å². The number of allylic oxidation sites excluding steroid dienone is 2. The van der Waals surface area contributed by atoms with Crippen molar-refractivity contribution < 1.29 is 0 Å². The van der Waals surface area contributed by atoms with Crippen molar-refractivity contribution in [3.05, 3.63) is 75.2 Å². The van der Waals surface area contributed by atoms with E-state index in [1.54, 1.807) is 0 Å². The van der Waals surface area contributed by atoms with E-state index in [-0.39, 0.29) is 0 Å². The Balaban J connectivity index is 1.78. The summed E-state index contributed by atoms with van der Waals surface area (Å²) in [6, 6.07) is 15.2. The maximum Gasteiger partial charge on any atom is 0.0553 e. The van der Waals surface area contributed by atoms with E-state index in [0.29, 0.717) is 17.9 Å². The average molecular weight is 361 g/mol. The zero-order valence-corrected chi connectivity index (χ0v) is 13.7. The van der Waals surface area contributed by atoms with Gasteiger partial charge < -0.3 is 5.32 Å². The van der Waals surface area contributed by atoms with Crippen LogP contribution in [0.25, 0.3) is 0 Å². The lowest BCUT2D eigenvalue weighted by atomic mass is 9.77. The van der Waals surface area contributed by atoms with Crippen molar-refractivity contribution in [1.29, 1.82) is 0 Å². The van der Waals surface area contributed by atoms with Crippen molar-refractivity contribution in [2.45, 2.75) is 18.4 Å². The predicted octanol–water partition coefficient (Wildman–Crippen LogP) is 5.93. The van der Waals surface area contributed by atoms with E-state index in [1.165, 1.54) is 16.8 Å². The quantitative estimate of drug-likeness (QED) is 0.622. The number of hydrogen-bond donors (Lipinski definition) is 1. The fourth-order valence-corrected chi connectivity index (χ4v) is 4.01. The fraction of sp³-hybridized carbons (Fsp3) is 0.222. The minimum absolute atomic E-state index is 0.353. The molecule has 0 saturated heterocycles. The summed E-state index contributed by atoms with van der Waals surface area (Å²) in [5.41, 5.74) is 3.88. The van der Waals surface area contributed by atoms with E-state index in [1.807, 2.05) is 6.07 Å². The Kier molecular flexibility index (Phi) is 3.31. The van der Waals surface area contributed by atoms with Crippen LogP contribution in [0.3, 0.4) is 0 Å². The summed E-state index contributed by atoms with van der Waals surface area (Å²) in [5.74, 6) is 1.03. The van der Waals surface area contributed by atoms with Crippen LogP contribution in [0.1, 0.15) is 29.5 Å². The van der Waals surface area contributed by atoms with Gasteiger partial charge in [-0.2, -0.15) is 0 Å². The van der Waals surface area contributed by atoms with Crippen LogP contribution in [-0.4, -0.2) is 0 Å². The maximum absolute atomic E-state index is 6.18. The first-order valence-corrected chi connectivity index (χ1v) is 8.37. The molecule has 1 nitrogen and oxygen atoms in total. The van der Waals surface area contributed by atoms with E-state index in [9.17, 15) is 0 Å². The molecule has 0 fully saturated rings. The van der Waals surface area contributed by atoms with Gasteiger partial charge >= 0.3 is 0 Å². The second-order valence-corrected chi connectivity index (χ2v) is 7.11. The van der Waals surface area contributed by atoms with Crippen LogP contribution < -0.4 is 5.32 Å². The lowest BCUT2D eigenvalue weighted by molar-refractivity contribution is 0.425. The number of nitrogens with one attached hydrogen (secondary N) is 1. The highest BCUT2D eigenvalue weighted by Crippen LogP contribution is 2.50. The molecule has 4 rings (SSSR count). The summed E-state index contributed by atoms with van der Waals surface area (Å²) < 4.78 is 1.12. The summed E-state index contributed by atoms with van der Waals surface area (Å²) >= 11 is 9.69. The van der Waals surface area contributed by atoms with Gasteiger partial charge in [0.1, 0.15) is 0 Å². The first-order chi connectivity index (χ1) is 10.2. The Labute approximate surface area is 138 Å². The molecule has 3 atom stereocenters. The van der Waals surface area contributed by atoms with Gasteiger partial charge in [-0.25, -0.2) is 0 Å². The monoisotopic (exact) mass is 359 g/mol. The number of anilines is 1. The highest BCUT2D eigenvalue weighted by Gasteiger charge is 2.37. The third-order valence-corrected chi connectivity index (χ3v) is 5.32. The topological polar surface area (TPSA) is 12.0 Å². The Bertz CT molecular complexity index is 708. The van der Waals surface area contributed by atoms with Crippen LogP contribution in [-0.2, 0) is 0 Å². The van der Waals surface area contributed by atoms with Crippen molar-refractivity contribution in [1.82, 2.24) is 0 Å². The van der Waals surface area contributed by atoms with Crippen molar-refractivity contribution in [2.75, 3.05) is 5.32 Å². The molecule has 21 heavy (non-hydrogen) atoms. The Morgan fingerprint density at radius 3 is 2.71 bits per heavy atom. The molecule has 106 valence electrons. The van der Waals surface area contributed by atoms with Gasteiger partial charge in [-0.05, 0) is 53.8 Å². The average Bonchev–Trinajstić information content (AvgIpc) is 2.97. The molecular weight excluding hydrogens is 346 g/mol. The van der Waals surface area contributed by atoms with E-state index >= 15 is 0 Å². The Morgan fingerprint density at radius 2 is 1.90 bits per heavy atom. The van der Waals surface area contributed by atoms with Gasteiger partial charge in [0.2, 0.25) is 0 Å². The highest BCUT2D eigenvalue weighted by atomic mass is 79.9. The van der Waals surface area contributed by atoms with Crippen LogP contribution in [0.4, 0.5) is 5.69 Å². The summed E-state index contributed by atoms with van der Waals surface area (Å²) in [5, 5.41) is 4.53. The van der Waals surface area contributed by atoms with Gasteiger partial charge in [0, 0.05) is 21.1 Å². The molecule has 0 unspecified atom stereocenters. The molecule has 1 aliphatic carbocycles. The molecule has 1 aliphatic heterocycles. The van der Waals surface area contributed by atoms with Crippen molar-refractivity contribution in [3.63, 3.8) is 0 Å². The third-order valence-electron chi connectivity index (χ3n) is 4.55. The summed E-state index contributed by atoms with van der Waals surface area (Å²) in [4.78, 5) is 0. The molecule has 3 heteroatoms. The first kappa shape index (κ1) is 13.4. The predicted molar refractivity (Wildman–Crippen MR) is 91.9 cm³/mol. The van der Waals surface area contributed by atoms with E-state index in [2.05, 4.69) is 69.8 Å². The highest BCUT2D eigenvalue weighted by molar-refractivity contribution is 9.10. The molecule has 0 spiro atoms. The molecule has 2 aromatic rings. The number of hydrogen-bond acceptors (Lipinski definition) is 1. The van der Waals surface area contributed by atoms with Gasteiger partial charge in [-0.1, -0.05) is 51.8 Å². The molecule has 2 aromatic carbocycles. The second-order valence-electron chi connectivity index (χ2n) is 5.76. The molecule has 2 aliphatic rings. The van der Waals surface area contributed by atoms with Crippen LogP contribution >= 0.6 is 27.5 Å². The SMILES string of the molecule is Clc1ccc2c(c1)[C@H]1C=CC[C@@H]1[C@H](c1ccc(Br)cc1)N2. The first-order valence-electron chi connectivity index (χ1n) is 7.20. The van der Waals surface area contributed by atoms with Gasteiger partial charge in [-0.3, -0.25) is 0 Å². The summed E-state index contributed by atoms with van der Waals surface area (Å²) in [6.45, 7) is 0. The fourth-order valence-electron chi connectivity index (χ4n) is 3.57. The standard InChI is InChI=1S/C18H15BrClN/c19-12-6-4-11(5-7-12)18-15-3-1-2-14(15)16-10-13(20)8-9-17(16)21-18/h1-2,4-10,14-15,18,21H,3H2/t14-,15-,18-/m0/s1. The Morgan fingerprint density at radius 1 is 1.10 bits per heavy atom. The lowest BCUT2D eigenvalue weighted by Crippen LogP contribution is -2.28. The normalized spacial score (nSPS) is 26.1. The Hall–Kier alpha value is -1.25. The molecular formula is C18H15BrClN. The van der Waals surface area contributed by atoms with Gasteiger partial charge in [-0.15, -0.1) is 0 Å². The van der Waals surface area contributed by atoms with Crippen LogP contribution in [0.5, 0.6) is 0 Å². The molecule has 0 radical (unpaired) electrons. The van der Waals surface area contributed by atoms with Crippen LogP contribution in [0.2, 0.25) is 5.02 Å². The van der Waals surface area contributed by atoms with Gasteiger partial charge in [0.15, 0.2) is 0 Å². The minimum atomic E-state index is 0.353. The van der Waals surface area contributed by atoms with E-state index in [4.69, 9.17) is 11.6 Å². The number of fused-ring (bicyclic) bond motifs is 3. The smallest absolute Gasteiger partial charge is 0.0553 e. The summed E-state index contributed by atoms with van der Waals surface area (Å²) in [6.07, 6.45) is 5.76. The minimum Gasteiger partial charge on any atom is -0.378 e. The number of rotatable bonds is 1. The molecule has 1 N–H and O–H groups in total. The molecule has 0 bridgehead atoms.